The van der Waals surface area contributed by atoms with Gasteiger partial charge < -0.3 is 82.7 Å². The summed E-state index contributed by atoms with van der Waals surface area (Å²) in [5, 5.41) is 11.7. The molecule has 279 valence electrons. The standard InChI is InChI=1S/C9H17NO2.C5H11NO2.C4H8N.C4H8O.CH4.18Ba.3Ru.36H/c1-5-6-7-10-8(11)12-9(2,3)4;1-5(2,3)8-4(6)7;2*1-2-3-4-5;;;;;;;;;;;;;;;;;;;;;;;;;;;;;;;;;;;;;;;;;;;;;;;;;;;;;;;;;;/h5H,1,6-7H2,2-4H3,(H,10,11);1-3H3,(H2,6,7);2*2,5H,1,3-4H2;1H4;;;;;;;;;;;;;;;;;;;;;;;;;;;;;;;;;;;;;;;;;;;;;;;;;;;;;;;;;/q;;-1;;;18*+2;3*+1;36*-1/p-2. The molecule has 0 aromatic rings. The van der Waals surface area contributed by atoms with Crippen molar-refractivity contribution in [1.29, 1.82) is 0 Å². The fraction of sp³-hybridized carbons (Fsp3) is 0.652. The van der Waals surface area contributed by atoms with Gasteiger partial charge in [-0.2, -0.15) is 0 Å². The Morgan fingerprint density at radius 1 is 0.596 bits per heavy atom. The predicted octanol–water partition coefficient (Wildman–Crippen LogP) is 4.84. The zero-order valence-corrected chi connectivity index (χ0v) is 119. The van der Waals surface area contributed by atoms with E-state index >= 15 is 0 Å². The second-order valence-corrected chi connectivity index (χ2v) is 7.57. The monoisotopic (exact) mass is 3270 g/mol. The average molecular weight is 3260 g/mol. The molecule has 0 atom stereocenters. The van der Waals surface area contributed by atoms with Crippen LogP contribution < -0.4 is 0 Å². The predicted molar refractivity (Wildman–Crippen MR) is 276 cm³/mol. The number of nitrogens with one attached hydrogen (secondary N) is 2. The van der Waals surface area contributed by atoms with E-state index in [9.17, 15) is 9.59 Å². The molecule has 0 aliphatic carbocycles. The summed E-state index contributed by atoms with van der Waals surface area (Å²) in [4.78, 5) is 20.8. The normalized spacial score (nSPS) is 5.54. The van der Waals surface area contributed by atoms with E-state index in [1.54, 1.807) is 39.0 Å². The van der Waals surface area contributed by atoms with E-state index < -0.39 is 23.4 Å². The van der Waals surface area contributed by atoms with Gasteiger partial charge in [0.05, 0.1) is 0 Å². The van der Waals surface area contributed by atoms with Crippen molar-refractivity contribution in [3.8, 4) is 0 Å². The molecule has 0 rings (SSSR count). The van der Waals surface area contributed by atoms with E-state index in [1.807, 2.05) is 20.8 Å². The minimum absolute atomic E-state index is 0. The van der Waals surface area contributed by atoms with E-state index in [2.05, 4.69) is 29.8 Å². The number of amides is 2. The molecule has 52 heavy (non-hydrogen) atoms. The van der Waals surface area contributed by atoms with Crippen LogP contribution in [0.15, 0.2) is 38.0 Å². The molecule has 29 heteroatoms. The molecular weight excluding hydrogens is 3170 g/mol. The van der Waals surface area contributed by atoms with Gasteiger partial charge in [0.15, 0.2) is 0 Å². The van der Waals surface area contributed by atoms with Gasteiger partial charge in [0.25, 0.3) is 0 Å². The maximum Gasteiger partial charge on any atom is 2.00 e. The molecule has 0 bridgehead atoms. The first-order chi connectivity index (χ1) is 13.7. The van der Waals surface area contributed by atoms with Crippen LogP contribution in [0.1, 0.15) is 120 Å². The first-order valence-corrected chi connectivity index (χ1v) is 9.63. The van der Waals surface area contributed by atoms with Crippen LogP contribution in [0.5, 0.6) is 0 Å². The molecule has 3 radical (unpaired) electrons. The van der Waals surface area contributed by atoms with Gasteiger partial charge in [0.1, 0.15) is 11.2 Å². The van der Waals surface area contributed by atoms with Crippen LogP contribution in [-0.2, 0) is 67.9 Å². The number of aliphatic hydroxyl groups is 1. The Bertz CT molecular complexity index is 592. The number of nitrogens with zero attached hydrogens (tertiary/aromatic N) is 1. The molecule has 0 heterocycles. The number of hydrogen-bond donors (Lipinski definition) is 1. The molecule has 0 fully saturated rings. The molecular formula is C23H82Ba18N3O5Ru3. The van der Waals surface area contributed by atoms with Crippen LogP contribution in [0.2, 0.25) is 0 Å². The maximum atomic E-state index is 10.9. The summed E-state index contributed by atoms with van der Waals surface area (Å²) in [7, 11) is 0. The van der Waals surface area contributed by atoms with Gasteiger partial charge in [0.2, 0.25) is 12.2 Å². The largest absolute Gasteiger partial charge is 2.00 e. The van der Waals surface area contributed by atoms with Crippen LogP contribution in [0, 0.1) is 0 Å². The fourth-order valence-electron chi connectivity index (χ4n) is 1.01. The molecule has 0 aliphatic heterocycles. The number of carbonyl (C=O) groups is 2. The summed E-state index contributed by atoms with van der Waals surface area (Å²) >= 11 is 0. The van der Waals surface area contributed by atoms with Crippen molar-refractivity contribution in [2.75, 3.05) is 19.7 Å². The number of aliphatic hydroxyl groups excluding tert-OH is 1. The summed E-state index contributed by atoms with van der Waals surface area (Å²) in [6, 6.07) is 0. The molecule has 2 amide bonds. The van der Waals surface area contributed by atoms with E-state index in [0.29, 0.717) is 25.9 Å². The van der Waals surface area contributed by atoms with Gasteiger partial charge in [-0.15, -0.1) is 32.8 Å². The molecule has 0 unspecified atom stereocenters. The Balaban J connectivity index is -0.00000000142. The first-order valence-electron chi connectivity index (χ1n) is 9.63. The van der Waals surface area contributed by atoms with E-state index in [0.717, 1.165) is 6.42 Å². The van der Waals surface area contributed by atoms with Gasteiger partial charge in [0, 0.05) is 6.61 Å². The number of carbonyl (C=O) groups excluding carboxylic acids is 2. The zero-order chi connectivity index (χ0) is 24.6. The number of rotatable bonds is 7. The Hall–Kier alpha value is 27.8. The third kappa shape index (κ3) is 209. The summed E-state index contributed by atoms with van der Waals surface area (Å²) < 4.78 is 9.41. The molecule has 3 N–H and O–H groups in total. The molecule has 0 saturated carbocycles. The van der Waals surface area contributed by atoms with Gasteiger partial charge in [-0.25, -0.2) is 0 Å². The third-order valence-electron chi connectivity index (χ3n) is 2.05. The average Bonchev–Trinajstić information content (AvgIpc) is 2.54. The van der Waals surface area contributed by atoms with Gasteiger partial charge in [-0.3, -0.25) is 9.59 Å². The third-order valence-corrected chi connectivity index (χ3v) is 2.05. The van der Waals surface area contributed by atoms with Crippen molar-refractivity contribution >= 4 is 892 Å². The molecule has 0 aliphatic rings. The minimum atomic E-state index is -0.975. The van der Waals surface area contributed by atoms with Crippen LogP contribution in [-0.4, -0.2) is 928 Å². The Morgan fingerprint density at radius 3 is 0.942 bits per heavy atom. The smallest absolute Gasteiger partial charge is 1.00 e. The number of hydrogen-bond acceptors (Lipinski definition) is 5. The summed E-state index contributed by atoms with van der Waals surface area (Å²) in [5.74, 6) is 0. The Kier molecular flexibility index (Phi) is 470. The molecule has 0 aromatic heterocycles. The van der Waals surface area contributed by atoms with Gasteiger partial charge in [-0.1, -0.05) is 38.5 Å². The van der Waals surface area contributed by atoms with E-state index in [4.69, 9.17) is 21.3 Å². The van der Waals surface area contributed by atoms with E-state index in [-0.39, 0.29) is 1000 Å². The SMILES string of the molecule is C.C=CCCO.C=CCC[N-]C(=O)OC(C)(C)C.C=CCC[NH-].CC(C)(C)OC([NH-])=O.[Ba+2].[Ba+2].[Ba+2].[Ba+2].[Ba+2].[Ba+2].[Ba+2].[Ba+2].[Ba+2].[Ba+2].[Ba+2].[Ba+2].[Ba+2].[Ba+2].[Ba+2].[Ba+2].[Ba+2].[Ba+2].[H-].[H-].[H-].[H-].[H-].[H-].[H-].[H-].[H-].[H-].[H-].[H-].[H-].[H-].[H-].[H-].[H-].[H-].[H-].[H-].[H-].[H-].[H-].[H-].[H-].[H-].[H-].[H-].[H-].[H-].[H-].[H-].[H-].[H-].[H-].[H-].[Ru+].[Ru+].[Ru+]. The van der Waals surface area contributed by atoms with Crippen molar-refractivity contribution in [3.05, 3.63) is 54.7 Å². The molecule has 8 nitrogen and oxygen atoms in total. The second-order valence-electron chi connectivity index (χ2n) is 7.57. The molecule has 0 aromatic carbocycles. The van der Waals surface area contributed by atoms with Crippen LogP contribution in [0.25, 0.3) is 16.8 Å². The first kappa shape index (κ1) is 171. The van der Waals surface area contributed by atoms with Crippen LogP contribution in [0.3, 0.4) is 0 Å². The molecule has 0 spiro atoms. The Morgan fingerprint density at radius 2 is 0.846 bits per heavy atom. The fourth-order valence-corrected chi connectivity index (χ4v) is 1.01. The Labute approximate surface area is 1140 Å². The minimum Gasteiger partial charge on any atom is -1.00 e. The van der Waals surface area contributed by atoms with Crippen molar-refractivity contribution in [1.82, 2.24) is 0 Å². The summed E-state index contributed by atoms with van der Waals surface area (Å²) in [5.41, 5.74) is 11.9. The summed E-state index contributed by atoms with van der Waals surface area (Å²) in [6.45, 7) is 22.1. The molecule has 0 saturated heterocycles. The van der Waals surface area contributed by atoms with Crippen LogP contribution >= 0.6 is 0 Å². The topological polar surface area (TPSA) is 135 Å². The summed E-state index contributed by atoms with van der Waals surface area (Å²) in [6.07, 6.45) is 5.90. The van der Waals surface area contributed by atoms with Crippen molar-refractivity contribution < 1.29 is 134 Å². The second kappa shape index (κ2) is 143. The van der Waals surface area contributed by atoms with Crippen molar-refractivity contribution in [3.63, 3.8) is 0 Å². The quantitative estimate of drug-likeness (QED) is 0.222. The van der Waals surface area contributed by atoms with Crippen molar-refractivity contribution in [2.45, 2.75) is 79.4 Å². The van der Waals surface area contributed by atoms with Crippen LogP contribution in [0.4, 0.5) is 9.59 Å². The van der Waals surface area contributed by atoms with Gasteiger partial charge in [-0.05, 0) is 48.0 Å². The van der Waals surface area contributed by atoms with E-state index in [1.165, 1.54) is 0 Å². The number of ether oxygens (including phenoxy) is 2. The maximum absolute atomic E-state index is 10.9. The van der Waals surface area contributed by atoms with Crippen molar-refractivity contribution in [2.24, 2.45) is 0 Å². The zero-order valence-electron chi connectivity index (χ0n) is 69.4. The van der Waals surface area contributed by atoms with Gasteiger partial charge >= 0.3 is 938 Å².